The molecule has 2 amide bonds. The first-order chi connectivity index (χ1) is 13.0. The average Bonchev–Trinajstić information content (AvgIpc) is 2.66. The molecule has 2 bridgehead atoms. The summed E-state index contributed by atoms with van der Waals surface area (Å²) in [6.07, 6.45) is 3.08. The van der Waals surface area contributed by atoms with Crippen LogP contribution in [-0.2, 0) is 14.3 Å². The number of rotatable bonds is 4. The fourth-order valence-electron chi connectivity index (χ4n) is 4.78. The molecule has 5 rings (SSSR count). The Kier molecular flexibility index (Phi) is 4.53. The molecular weight excluding hydrogens is 348 g/mol. The van der Waals surface area contributed by atoms with E-state index in [1.54, 1.807) is 13.0 Å². The molecule has 4 aliphatic rings. The second kappa shape index (κ2) is 6.87. The van der Waals surface area contributed by atoms with E-state index in [2.05, 4.69) is 10.6 Å². The van der Waals surface area contributed by atoms with E-state index in [1.807, 2.05) is 18.2 Å². The molecule has 1 heterocycles. The van der Waals surface area contributed by atoms with Gasteiger partial charge in [0.05, 0.1) is 12.2 Å². The van der Waals surface area contributed by atoms with E-state index in [1.165, 1.54) is 0 Å². The number of hydrogen-bond acceptors (Lipinski definition) is 5. The van der Waals surface area contributed by atoms with Gasteiger partial charge in [0, 0.05) is 18.3 Å². The Morgan fingerprint density at radius 1 is 1.33 bits per heavy atom. The van der Waals surface area contributed by atoms with Crippen molar-refractivity contribution < 1.29 is 23.9 Å². The van der Waals surface area contributed by atoms with Gasteiger partial charge in [0.25, 0.3) is 5.91 Å². The van der Waals surface area contributed by atoms with Gasteiger partial charge in [0.15, 0.2) is 5.72 Å². The van der Waals surface area contributed by atoms with Gasteiger partial charge in [0.1, 0.15) is 12.3 Å². The quantitative estimate of drug-likeness (QED) is 0.784. The highest BCUT2D eigenvalue weighted by molar-refractivity contribution is 5.98. The van der Waals surface area contributed by atoms with Crippen molar-refractivity contribution in [1.29, 1.82) is 0 Å². The summed E-state index contributed by atoms with van der Waals surface area (Å²) in [4.78, 5) is 36.6. The molecule has 1 aromatic rings. The smallest absolute Gasteiger partial charge is 0.325 e. The molecule has 0 saturated heterocycles. The van der Waals surface area contributed by atoms with E-state index in [0.29, 0.717) is 30.8 Å². The maximum atomic E-state index is 12.6. The molecule has 3 aliphatic carbocycles. The van der Waals surface area contributed by atoms with E-state index >= 15 is 0 Å². The Hall–Kier alpha value is -2.57. The molecule has 3 saturated carbocycles. The van der Waals surface area contributed by atoms with Crippen LogP contribution >= 0.6 is 0 Å². The lowest BCUT2D eigenvalue weighted by Gasteiger charge is -2.55. The molecule has 0 aromatic heterocycles. The third-order valence-corrected chi connectivity index (χ3v) is 6.02. The normalized spacial score (nSPS) is 30.9. The Bertz CT molecular complexity index is 779. The Labute approximate surface area is 157 Å². The molecular formula is C20H24N2O5. The lowest BCUT2D eigenvalue weighted by molar-refractivity contribution is -0.150. The maximum absolute atomic E-state index is 12.6. The third kappa shape index (κ3) is 3.15. The van der Waals surface area contributed by atoms with Crippen LogP contribution in [-0.4, -0.2) is 36.7 Å². The molecule has 1 aromatic carbocycles. The molecule has 2 N–H and O–H groups in total. The first-order valence-corrected chi connectivity index (χ1v) is 9.56. The molecule has 27 heavy (non-hydrogen) atoms. The largest absolute Gasteiger partial charge is 0.467 e. The summed E-state index contributed by atoms with van der Waals surface area (Å²) < 4.78 is 11.1. The molecule has 1 spiro atoms. The number of fused-ring (bicyclic) bond motifs is 3. The first kappa shape index (κ1) is 17.8. The summed E-state index contributed by atoms with van der Waals surface area (Å²) in [5.74, 6) is -0.0369. The van der Waals surface area contributed by atoms with E-state index in [4.69, 9.17) is 9.47 Å². The molecule has 0 radical (unpaired) electrons. The average molecular weight is 372 g/mol. The molecule has 1 aliphatic heterocycles. The minimum Gasteiger partial charge on any atom is -0.467 e. The zero-order chi connectivity index (χ0) is 19.0. The van der Waals surface area contributed by atoms with Crippen LogP contribution in [0.15, 0.2) is 24.3 Å². The van der Waals surface area contributed by atoms with Crippen molar-refractivity contribution in [3.05, 3.63) is 29.8 Å². The Morgan fingerprint density at radius 2 is 2.15 bits per heavy atom. The highest BCUT2D eigenvalue weighted by Gasteiger charge is 2.57. The monoisotopic (exact) mass is 372 g/mol. The predicted molar refractivity (Wildman–Crippen MR) is 95.8 cm³/mol. The van der Waals surface area contributed by atoms with Crippen LogP contribution in [0, 0.1) is 17.8 Å². The number of nitrogens with one attached hydrogen (secondary N) is 2. The number of carbonyl (C=O) groups excluding carboxylic acids is 3. The number of amides is 2. The van der Waals surface area contributed by atoms with Crippen LogP contribution in [0.5, 0.6) is 5.75 Å². The minimum absolute atomic E-state index is 0.0677. The van der Waals surface area contributed by atoms with Gasteiger partial charge in [-0.15, -0.1) is 0 Å². The summed E-state index contributed by atoms with van der Waals surface area (Å²) in [5.41, 5.74) is -0.181. The van der Waals surface area contributed by atoms with Crippen molar-refractivity contribution in [2.24, 2.45) is 17.8 Å². The SMILES string of the molecule is CCOC(=O)CNC(=O)C1CC2CCC1CC21NC(=O)c2ccccc2O1. The number of ether oxygens (including phenoxy) is 2. The van der Waals surface area contributed by atoms with Crippen molar-refractivity contribution in [1.82, 2.24) is 10.6 Å². The predicted octanol–water partition coefficient (Wildman–Crippen LogP) is 1.62. The van der Waals surface area contributed by atoms with Crippen molar-refractivity contribution in [3.8, 4) is 5.75 Å². The van der Waals surface area contributed by atoms with Crippen LogP contribution in [0.2, 0.25) is 0 Å². The van der Waals surface area contributed by atoms with E-state index in [9.17, 15) is 14.4 Å². The third-order valence-electron chi connectivity index (χ3n) is 6.02. The highest BCUT2D eigenvalue weighted by Crippen LogP contribution is 2.52. The summed E-state index contributed by atoms with van der Waals surface area (Å²) in [6.45, 7) is 1.92. The van der Waals surface area contributed by atoms with Crippen LogP contribution in [0.25, 0.3) is 0 Å². The number of carbonyl (C=O) groups is 3. The zero-order valence-electron chi connectivity index (χ0n) is 15.3. The van der Waals surface area contributed by atoms with E-state index in [-0.39, 0.29) is 36.1 Å². The van der Waals surface area contributed by atoms with Gasteiger partial charge in [-0.3, -0.25) is 14.4 Å². The summed E-state index contributed by atoms with van der Waals surface area (Å²) in [6, 6.07) is 7.25. The summed E-state index contributed by atoms with van der Waals surface area (Å²) in [5, 5.41) is 5.77. The standard InChI is InChI=1S/C20H24N2O5/c1-2-26-17(23)11-21-18(24)15-9-13-8-7-12(15)10-20(13)22-19(25)14-5-3-4-6-16(14)27-20/h3-6,12-13,15H,2,7-11H2,1H3,(H,21,24)(H,22,25). The van der Waals surface area contributed by atoms with Gasteiger partial charge in [-0.1, -0.05) is 12.1 Å². The van der Waals surface area contributed by atoms with Gasteiger partial charge < -0.3 is 20.1 Å². The summed E-state index contributed by atoms with van der Waals surface area (Å²) >= 11 is 0. The molecule has 7 nitrogen and oxygen atoms in total. The molecule has 7 heteroatoms. The van der Waals surface area contributed by atoms with Gasteiger partial charge in [0.2, 0.25) is 5.91 Å². The molecule has 4 unspecified atom stereocenters. The second-order valence-corrected chi connectivity index (χ2v) is 7.55. The maximum Gasteiger partial charge on any atom is 0.325 e. The number of esters is 1. The van der Waals surface area contributed by atoms with E-state index < -0.39 is 11.7 Å². The van der Waals surface area contributed by atoms with Crippen molar-refractivity contribution in [2.75, 3.05) is 13.2 Å². The molecule has 4 atom stereocenters. The van der Waals surface area contributed by atoms with Gasteiger partial charge in [-0.05, 0) is 44.2 Å². The van der Waals surface area contributed by atoms with Crippen molar-refractivity contribution in [2.45, 2.75) is 38.3 Å². The van der Waals surface area contributed by atoms with Crippen LogP contribution < -0.4 is 15.4 Å². The zero-order valence-corrected chi connectivity index (χ0v) is 15.3. The minimum atomic E-state index is -0.730. The number of para-hydroxylation sites is 1. The fourth-order valence-corrected chi connectivity index (χ4v) is 4.78. The molecule has 3 fully saturated rings. The van der Waals surface area contributed by atoms with Gasteiger partial charge >= 0.3 is 5.97 Å². The van der Waals surface area contributed by atoms with Crippen molar-refractivity contribution >= 4 is 17.8 Å². The Balaban J connectivity index is 1.46. The molecule has 144 valence electrons. The summed E-state index contributed by atoms with van der Waals surface area (Å²) in [7, 11) is 0. The van der Waals surface area contributed by atoms with Crippen molar-refractivity contribution in [3.63, 3.8) is 0 Å². The number of benzene rings is 1. The van der Waals surface area contributed by atoms with Crippen LogP contribution in [0.1, 0.15) is 43.0 Å². The first-order valence-electron chi connectivity index (χ1n) is 9.56. The topological polar surface area (TPSA) is 93.7 Å². The van der Waals surface area contributed by atoms with Gasteiger partial charge in [-0.25, -0.2) is 0 Å². The van der Waals surface area contributed by atoms with Crippen LogP contribution in [0.4, 0.5) is 0 Å². The highest BCUT2D eigenvalue weighted by atomic mass is 16.5. The van der Waals surface area contributed by atoms with Crippen LogP contribution in [0.3, 0.4) is 0 Å². The van der Waals surface area contributed by atoms with Gasteiger partial charge in [-0.2, -0.15) is 0 Å². The Morgan fingerprint density at radius 3 is 2.89 bits per heavy atom. The van der Waals surface area contributed by atoms with E-state index in [0.717, 1.165) is 12.8 Å². The second-order valence-electron chi connectivity index (χ2n) is 7.55. The lowest BCUT2D eigenvalue weighted by atomic mass is 9.60. The fraction of sp³-hybridized carbons (Fsp3) is 0.550. The number of hydrogen-bond donors (Lipinski definition) is 2. The lowest BCUT2D eigenvalue weighted by Crippen LogP contribution is -2.67.